The summed E-state index contributed by atoms with van der Waals surface area (Å²) in [6.07, 6.45) is 2.07. The van der Waals surface area contributed by atoms with Crippen LogP contribution in [0.3, 0.4) is 0 Å². The largest absolute Gasteiger partial charge is 0.366 e. The van der Waals surface area contributed by atoms with Crippen molar-refractivity contribution in [1.82, 2.24) is 4.90 Å². The fraction of sp³-hybridized carbons (Fsp3) is 0.385. The van der Waals surface area contributed by atoms with Gasteiger partial charge in [0.2, 0.25) is 0 Å². The molecule has 0 spiro atoms. The van der Waals surface area contributed by atoms with E-state index in [0.717, 1.165) is 53.7 Å². The van der Waals surface area contributed by atoms with E-state index in [-0.39, 0.29) is 11.8 Å². The third kappa shape index (κ3) is 3.45. The summed E-state index contributed by atoms with van der Waals surface area (Å²) < 4.78 is 0. The standard InChI is InChI=1S/C26H30N2O2/c1-16-10-12-27(13-11-16)24-23(21-8-6-17(2)14-19(21)4)25(29)28(26(24)30)22-9-7-18(3)15-20(22)5/h6-9,14-16H,10-13H2,1-5H3. The Morgan fingerprint density at radius 2 is 1.40 bits per heavy atom. The number of rotatable bonds is 3. The van der Waals surface area contributed by atoms with Gasteiger partial charge in [-0.15, -0.1) is 0 Å². The normalized spacial score (nSPS) is 18.0. The van der Waals surface area contributed by atoms with Crippen LogP contribution in [0.4, 0.5) is 5.69 Å². The predicted molar refractivity (Wildman–Crippen MR) is 121 cm³/mol. The summed E-state index contributed by atoms with van der Waals surface area (Å²) in [5.41, 5.74) is 6.88. The first-order valence-electron chi connectivity index (χ1n) is 10.8. The molecule has 2 heterocycles. The smallest absolute Gasteiger partial charge is 0.282 e. The lowest BCUT2D eigenvalue weighted by molar-refractivity contribution is -0.120. The summed E-state index contributed by atoms with van der Waals surface area (Å²) in [6, 6.07) is 12.0. The molecule has 1 fully saturated rings. The van der Waals surface area contributed by atoms with Crippen molar-refractivity contribution < 1.29 is 9.59 Å². The van der Waals surface area contributed by atoms with Crippen molar-refractivity contribution in [2.24, 2.45) is 5.92 Å². The molecule has 0 radical (unpaired) electrons. The minimum Gasteiger partial charge on any atom is -0.366 e. The lowest BCUT2D eigenvalue weighted by atomic mass is 9.95. The highest BCUT2D eigenvalue weighted by atomic mass is 16.2. The quantitative estimate of drug-likeness (QED) is 0.683. The maximum Gasteiger partial charge on any atom is 0.282 e. The van der Waals surface area contributed by atoms with Crippen molar-refractivity contribution in [3.8, 4) is 0 Å². The molecule has 2 amide bonds. The molecule has 0 aliphatic carbocycles. The molecule has 2 aliphatic heterocycles. The lowest BCUT2D eigenvalue weighted by Crippen LogP contribution is -2.38. The van der Waals surface area contributed by atoms with Gasteiger partial charge in [0.1, 0.15) is 5.70 Å². The van der Waals surface area contributed by atoms with Gasteiger partial charge in [-0.1, -0.05) is 48.4 Å². The summed E-state index contributed by atoms with van der Waals surface area (Å²) in [7, 11) is 0. The van der Waals surface area contributed by atoms with Gasteiger partial charge >= 0.3 is 0 Å². The number of aryl methyl sites for hydroxylation is 4. The summed E-state index contributed by atoms with van der Waals surface area (Å²) in [5, 5.41) is 0. The molecule has 1 saturated heterocycles. The van der Waals surface area contributed by atoms with Crippen molar-refractivity contribution in [3.63, 3.8) is 0 Å². The van der Waals surface area contributed by atoms with Crippen LogP contribution in [0.2, 0.25) is 0 Å². The van der Waals surface area contributed by atoms with Crippen molar-refractivity contribution in [2.75, 3.05) is 18.0 Å². The lowest BCUT2D eigenvalue weighted by Gasteiger charge is -2.33. The molecular weight excluding hydrogens is 372 g/mol. The molecule has 4 nitrogen and oxygen atoms in total. The Kier molecular flexibility index (Phi) is 5.27. The van der Waals surface area contributed by atoms with Crippen LogP contribution >= 0.6 is 0 Å². The first-order valence-corrected chi connectivity index (χ1v) is 10.8. The molecule has 156 valence electrons. The molecule has 30 heavy (non-hydrogen) atoms. The molecule has 4 rings (SSSR count). The van der Waals surface area contributed by atoms with Gasteiger partial charge in [0.05, 0.1) is 11.3 Å². The van der Waals surface area contributed by atoms with Gasteiger partial charge in [-0.05, 0) is 69.2 Å². The highest BCUT2D eigenvalue weighted by molar-refractivity contribution is 6.45. The molecular formula is C26H30N2O2. The highest BCUT2D eigenvalue weighted by Crippen LogP contribution is 2.38. The summed E-state index contributed by atoms with van der Waals surface area (Å²) in [5.74, 6) is 0.234. The van der Waals surface area contributed by atoms with Crippen LogP contribution < -0.4 is 4.90 Å². The topological polar surface area (TPSA) is 40.6 Å². The average Bonchev–Trinajstić information content (AvgIpc) is 2.93. The van der Waals surface area contributed by atoms with Crippen LogP contribution in [0.25, 0.3) is 5.57 Å². The Hall–Kier alpha value is -2.88. The van der Waals surface area contributed by atoms with Gasteiger partial charge in [0.15, 0.2) is 0 Å². The van der Waals surface area contributed by atoms with Crippen LogP contribution in [0.5, 0.6) is 0 Å². The second-order valence-electron chi connectivity index (χ2n) is 8.95. The van der Waals surface area contributed by atoms with Gasteiger partial charge in [-0.2, -0.15) is 0 Å². The molecule has 0 bridgehead atoms. The third-order valence-corrected chi connectivity index (χ3v) is 6.40. The Bertz CT molecular complexity index is 1060. The Balaban J connectivity index is 1.86. The monoisotopic (exact) mass is 402 g/mol. The number of carbonyl (C=O) groups excluding carboxylic acids is 2. The highest BCUT2D eigenvalue weighted by Gasteiger charge is 2.43. The van der Waals surface area contributed by atoms with Gasteiger partial charge in [-0.3, -0.25) is 9.59 Å². The number of imide groups is 1. The van der Waals surface area contributed by atoms with Crippen molar-refractivity contribution >= 4 is 23.1 Å². The van der Waals surface area contributed by atoms with E-state index in [9.17, 15) is 9.59 Å². The zero-order valence-electron chi connectivity index (χ0n) is 18.6. The molecule has 0 atom stereocenters. The first kappa shape index (κ1) is 20.4. The van der Waals surface area contributed by atoms with Gasteiger partial charge < -0.3 is 4.90 Å². The average molecular weight is 403 g/mol. The van der Waals surface area contributed by atoms with Crippen molar-refractivity contribution in [2.45, 2.75) is 47.5 Å². The van der Waals surface area contributed by atoms with E-state index in [4.69, 9.17) is 0 Å². The van der Waals surface area contributed by atoms with Gasteiger partial charge in [0, 0.05) is 13.1 Å². The predicted octanol–water partition coefficient (Wildman–Crippen LogP) is 4.94. The number of nitrogens with zero attached hydrogens (tertiary/aromatic N) is 2. The van der Waals surface area contributed by atoms with E-state index >= 15 is 0 Å². The van der Waals surface area contributed by atoms with Crippen LogP contribution in [0.15, 0.2) is 42.1 Å². The summed E-state index contributed by atoms with van der Waals surface area (Å²) >= 11 is 0. The number of amides is 2. The van der Waals surface area contributed by atoms with Gasteiger partial charge in [-0.25, -0.2) is 4.90 Å². The van der Waals surface area contributed by atoms with E-state index in [1.54, 1.807) is 0 Å². The second-order valence-corrected chi connectivity index (χ2v) is 8.95. The van der Waals surface area contributed by atoms with E-state index in [0.29, 0.717) is 22.9 Å². The second kappa shape index (κ2) is 7.75. The number of piperidine rings is 1. The van der Waals surface area contributed by atoms with E-state index in [2.05, 4.69) is 17.9 Å². The fourth-order valence-corrected chi connectivity index (χ4v) is 4.66. The minimum atomic E-state index is -0.215. The molecule has 2 aromatic rings. The third-order valence-electron chi connectivity index (χ3n) is 6.40. The minimum absolute atomic E-state index is 0.198. The van der Waals surface area contributed by atoms with Crippen LogP contribution in [-0.4, -0.2) is 29.8 Å². The maximum absolute atomic E-state index is 13.7. The summed E-state index contributed by atoms with van der Waals surface area (Å²) in [4.78, 5) is 31.0. The van der Waals surface area contributed by atoms with Crippen LogP contribution in [-0.2, 0) is 9.59 Å². The molecule has 0 saturated carbocycles. The summed E-state index contributed by atoms with van der Waals surface area (Å²) in [6.45, 7) is 11.9. The molecule has 0 unspecified atom stereocenters. The Labute approximate surface area is 179 Å². The molecule has 4 heteroatoms. The Morgan fingerprint density at radius 1 is 0.800 bits per heavy atom. The van der Waals surface area contributed by atoms with E-state index in [1.165, 1.54) is 4.90 Å². The van der Waals surface area contributed by atoms with Crippen LogP contribution in [0, 0.1) is 33.6 Å². The number of hydrogen-bond acceptors (Lipinski definition) is 3. The molecule has 2 aliphatic rings. The molecule has 2 aromatic carbocycles. The first-order chi connectivity index (χ1) is 14.3. The number of anilines is 1. The van der Waals surface area contributed by atoms with Crippen molar-refractivity contribution in [3.05, 3.63) is 69.9 Å². The zero-order valence-corrected chi connectivity index (χ0v) is 18.6. The van der Waals surface area contributed by atoms with E-state index in [1.807, 2.05) is 58.0 Å². The number of hydrogen-bond donors (Lipinski definition) is 0. The molecule has 0 N–H and O–H groups in total. The fourth-order valence-electron chi connectivity index (χ4n) is 4.66. The number of likely N-dealkylation sites (tertiary alicyclic amines) is 1. The maximum atomic E-state index is 13.7. The van der Waals surface area contributed by atoms with E-state index < -0.39 is 0 Å². The number of benzene rings is 2. The van der Waals surface area contributed by atoms with Gasteiger partial charge in [0.25, 0.3) is 11.8 Å². The molecule has 0 aromatic heterocycles. The zero-order chi connectivity index (χ0) is 21.6. The number of carbonyl (C=O) groups is 2. The van der Waals surface area contributed by atoms with Crippen LogP contribution in [0.1, 0.15) is 47.6 Å². The Morgan fingerprint density at radius 3 is 2.00 bits per heavy atom. The SMILES string of the molecule is Cc1ccc(C2=C(N3CCC(C)CC3)C(=O)N(c3ccc(C)cc3C)C2=O)c(C)c1. The van der Waals surface area contributed by atoms with Crippen molar-refractivity contribution in [1.29, 1.82) is 0 Å².